The van der Waals surface area contributed by atoms with E-state index in [0.717, 1.165) is 23.3 Å². The number of amides is 2. The van der Waals surface area contributed by atoms with Gasteiger partial charge in [-0.3, -0.25) is 14.0 Å². The van der Waals surface area contributed by atoms with Gasteiger partial charge >= 0.3 is 6.18 Å². The number of imidazole rings is 1. The van der Waals surface area contributed by atoms with Gasteiger partial charge in [0, 0.05) is 36.5 Å². The van der Waals surface area contributed by atoms with Gasteiger partial charge in [-0.05, 0) is 25.0 Å². The summed E-state index contributed by atoms with van der Waals surface area (Å²) in [4.78, 5) is 32.7. The molecule has 11 heteroatoms. The van der Waals surface area contributed by atoms with Gasteiger partial charge in [0.25, 0.3) is 5.91 Å². The number of alkyl halides is 3. The zero-order valence-electron chi connectivity index (χ0n) is 17.2. The highest BCUT2D eigenvalue weighted by molar-refractivity contribution is 6.33. The summed E-state index contributed by atoms with van der Waals surface area (Å²) in [5, 5.41) is -0.249. The van der Waals surface area contributed by atoms with Crippen molar-refractivity contribution >= 4 is 29.1 Å². The molecule has 172 valence electrons. The standard InChI is InChI=1S/C22H18ClF3N4O3/c23-19-18(21(32)28-6-7-29(17(31)11-28)15-3-1-2-4-15)27-20-16(22(24,25)26)9-14(10-30(19)20)13-5-8-33-12-13/h1-2,5,8-10,12,15H,3-4,6-7,11H2. The van der Waals surface area contributed by atoms with Gasteiger partial charge in [0.05, 0.1) is 18.1 Å². The van der Waals surface area contributed by atoms with Crippen LogP contribution in [-0.2, 0) is 11.0 Å². The van der Waals surface area contributed by atoms with Crippen LogP contribution in [0, 0.1) is 0 Å². The fraction of sp³-hybridized carbons (Fsp3) is 0.318. The van der Waals surface area contributed by atoms with Crippen molar-refractivity contribution < 1.29 is 27.2 Å². The fourth-order valence-corrected chi connectivity index (χ4v) is 4.55. The molecule has 0 unspecified atom stereocenters. The molecule has 0 N–H and O–H groups in total. The molecule has 1 saturated heterocycles. The molecule has 5 rings (SSSR count). The van der Waals surface area contributed by atoms with E-state index in [-0.39, 0.29) is 41.4 Å². The first-order valence-electron chi connectivity index (χ1n) is 10.3. The minimum absolute atomic E-state index is 0.0872. The van der Waals surface area contributed by atoms with Crippen LogP contribution in [0.2, 0.25) is 5.15 Å². The summed E-state index contributed by atoms with van der Waals surface area (Å²) in [7, 11) is 0. The second-order valence-electron chi connectivity index (χ2n) is 8.01. The van der Waals surface area contributed by atoms with Crippen LogP contribution < -0.4 is 0 Å². The van der Waals surface area contributed by atoms with Crippen LogP contribution in [0.15, 0.2) is 47.4 Å². The number of aromatic nitrogens is 2. The second-order valence-corrected chi connectivity index (χ2v) is 8.37. The molecule has 0 saturated carbocycles. The average molecular weight is 479 g/mol. The van der Waals surface area contributed by atoms with Crippen LogP contribution in [-0.4, -0.2) is 56.7 Å². The Kier molecular flexibility index (Phi) is 5.19. The number of hydrogen-bond donors (Lipinski definition) is 0. The van der Waals surface area contributed by atoms with E-state index in [9.17, 15) is 22.8 Å². The molecule has 1 aliphatic carbocycles. The zero-order chi connectivity index (χ0) is 23.3. The lowest BCUT2D eigenvalue weighted by molar-refractivity contribution is -0.137. The van der Waals surface area contributed by atoms with E-state index < -0.39 is 23.3 Å². The Morgan fingerprint density at radius 1 is 1.18 bits per heavy atom. The highest BCUT2D eigenvalue weighted by atomic mass is 35.5. The Morgan fingerprint density at radius 2 is 1.94 bits per heavy atom. The number of carbonyl (C=O) groups is 2. The Bertz CT molecular complexity index is 1260. The Hall–Kier alpha value is -3.27. The summed E-state index contributed by atoms with van der Waals surface area (Å²) in [5.74, 6) is -0.888. The van der Waals surface area contributed by atoms with Crippen molar-refractivity contribution in [2.24, 2.45) is 0 Å². The van der Waals surface area contributed by atoms with Crippen LogP contribution in [0.1, 0.15) is 28.9 Å². The minimum atomic E-state index is -4.73. The topological polar surface area (TPSA) is 71.1 Å². The van der Waals surface area contributed by atoms with E-state index in [1.54, 1.807) is 4.90 Å². The van der Waals surface area contributed by atoms with Crippen LogP contribution in [0.3, 0.4) is 0 Å². The molecule has 1 aliphatic heterocycles. The number of hydrogen-bond acceptors (Lipinski definition) is 4. The third kappa shape index (κ3) is 3.78. The monoisotopic (exact) mass is 478 g/mol. The molecule has 2 aliphatic rings. The van der Waals surface area contributed by atoms with Crippen LogP contribution >= 0.6 is 11.6 Å². The first-order chi connectivity index (χ1) is 15.7. The molecule has 0 spiro atoms. The Balaban J connectivity index is 1.49. The highest BCUT2D eigenvalue weighted by Crippen LogP contribution is 2.37. The third-order valence-electron chi connectivity index (χ3n) is 5.99. The predicted octanol–water partition coefficient (Wildman–Crippen LogP) is 4.27. The first kappa shape index (κ1) is 21.6. The molecule has 1 fully saturated rings. The van der Waals surface area contributed by atoms with Crippen LogP contribution in [0.4, 0.5) is 13.2 Å². The second kappa shape index (κ2) is 7.95. The number of piperazine rings is 1. The number of carbonyl (C=O) groups excluding carboxylic acids is 2. The molecule has 3 aromatic heterocycles. The highest BCUT2D eigenvalue weighted by Gasteiger charge is 2.38. The van der Waals surface area contributed by atoms with E-state index in [0.29, 0.717) is 12.1 Å². The van der Waals surface area contributed by atoms with Crippen molar-refractivity contribution in [1.29, 1.82) is 0 Å². The van der Waals surface area contributed by atoms with Gasteiger partial charge in [-0.15, -0.1) is 0 Å². The van der Waals surface area contributed by atoms with Gasteiger partial charge in [0.1, 0.15) is 11.7 Å². The quantitative estimate of drug-likeness (QED) is 0.527. The molecule has 0 bridgehead atoms. The summed E-state index contributed by atoms with van der Waals surface area (Å²) in [6.07, 6.45) is 4.88. The van der Waals surface area contributed by atoms with Crippen molar-refractivity contribution in [3.8, 4) is 11.1 Å². The van der Waals surface area contributed by atoms with E-state index in [1.165, 1.54) is 29.7 Å². The number of halogens is 4. The predicted molar refractivity (Wildman–Crippen MR) is 113 cm³/mol. The lowest BCUT2D eigenvalue weighted by Gasteiger charge is -2.37. The maximum atomic E-state index is 13.8. The number of rotatable bonds is 3. The number of pyridine rings is 1. The van der Waals surface area contributed by atoms with Gasteiger partial charge in [-0.25, -0.2) is 4.98 Å². The largest absolute Gasteiger partial charge is 0.472 e. The van der Waals surface area contributed by atoms with Crippen LogP contribution in [0.5, 0.6) is 0 Å². The molecule has 3 aromatic rings. The number of nitrogens with zero attached hydrogens (tertiary/aromatic N) is 4. The SMILES string of the molecule is O=C(c1nc2c(C(F)(F)F)cc(-c3ccoc3)cn2c1Cl)N1CCN(C2CC=CC2)C(=O)C1. The van der Waals surface area contributed by atoms with Gasteiger partial charge in [0.15, 0.2) is 11.3 Å². The zero-order valence-corrected chi connectivity index (χ0v) is 17.9. The van der Waals surface area contributed by atoms with E-state index in [1.807, 2.05) is 12.2 Å². The molecule has 4 heterocycles. The van der Waals surface area contributed by atoms with Gasteiger partial charge in [0.2, 0.25) is 5.91 Å². The molecule has 0 aromatic carbocycles. The lowest BCUT2D eigenvalue weighted by Crippen LogP contribution is -2.55. The van der Waals surface area contributed by atoms with Gasteiger partial charge < -0.3 is 14.2 Å². The summed E-state index contributed by atoms with van der Waals surface area (Å²) in [6.45, 7) is 0.421. The van der Waals surface area contributed by atoms with E-state index in [2.05, 4.69) is 4.98 Å². The minimum Gasteiger partial charge on any atom is -0.472 e. The van der Waals surface area contributed by atoms with Crippen molar-refractivity contribution in [1.82, 2.24) is 19.2 Å². The average Bonchev–Trinajstić information content (AvgIpc) is 3.54. The number of furan rings is 1. The molecule has 0 radical (unpaired) electrons. The molecular weight excluding hydrogens is 461 g/mol. The van der Waals surface area contributed by atoms with Crippen molar-refractivity contribution in [3.63, 3.8) is 0 Å². The van der Waals surface area contributed by atoms with Gasteiger partial charge in [-0.1, -0.05) is 23.8 Å². The Labute approximate surface area is 191 Å². The molecule has 0 atom stereocenters. The summed E-state index contributed by atoms with van der Waals surface area (Å²) >= 11 is 6.35. The van der Waals surface area contributed by atoms with E-state index >= 15 is 0 Å². The summed E-state index contributed by atoms with van der Waals surface area (Å²) in [6, 6.07) is 2.54. The van der Waals surface area contributed by atoms with Gasteiger partial charge in [-0.2, -0.15) is 13.2 Å². The van der Waals surface area contributed by atoms with Crippen molar-refractivity contribution in [2.45, 2.75) is 25.1 Å². The molecule has 2 amide bonds. The fourth-order valence-electron chi connectivity index (χ4n) is 4.30. The van der Waals surface area contributed by atoms with E-state index in [4.69, 9.17) is 16.0 Å². The molecule has 33 heavy (non-hydrogen) atoms. The lowest BCUT2D eigenvalue weighted by atomic mass is 10.1. The normalized spacial score (nSPS) is 17.5. The number of fused-ring (bicyclic) bond motifs is 1. The molecule has 7 nitrogen and oxygen atoms in total. The van der Waals surface area contributed by atoms with Crippen molar-refractivity contribution in [2.75, 3.05) is 19.6 Å². The smallest absolute Gasteiger partial charge is 0.420 e. The first-order valence-corrected chi connectivity index (χ1v) is 10.7. The maximum Gasteiger partial charge on any atom is 0.420 e. The van der Waals surface area contributed by atoms with Crippen LogP contribution in [0.25, 0.3) is 16.8 Å². The summed E-state index contributed by atoms with van der Waals surface area (Å²) in [5.41, 5.74) is -1.21. The maximum absolute atomic E-state index is 13.8. The molecular formula is C22H18ClF3N4O3. The Morgan fingerprint density at radius 3 is 2.58 bits per heavy atom. The summed E-state index contributed by atoms with van der Waals surface area (Å²) < 4.78 is 47.4. The third-order valence-corrected chi connectivity index (χ3v) is 6.35. The van der Waals surface area contributed by atoms with Crippen molar-refractivity contribution in [3.05, 3.63) is 59.4 Å².